The van der Waals surface area contributed by atoms with Crippen LogP contribution in [0.3, 0.4) is 0 Å². The molecule has 1 heterocycles. The molecule has 1 aliphatic rings. The van der Waals surface area contributed by atoms with Gasteiger partial charge in [-0.3, -0.25) is 9.59 Å². The highest BCUT2D eigenvalue weighted by molar-refractivity contribution is 9.10. The zero-order chi connectivity index (χ0) is 18.0. The summed E-state index contributed by atoms with van der Waals surface area (Å²) >= 11 is 4.80. The summed E-state index contributed by atoms with van der Waals surface area (Å²) < 4.78 is 6.41. The van der Waals surface area contributed by atoms with Crippen LogP contribution in [-0.2, 0) is 17.6 Å². The largest absolute Gasteiger partial charge is 0.484 e. The van der Waals surface area contributed by atoms with E-state index in [9.17, 15) is 9.59 Å². The minimum atomic E-state index is -0.490. The van der Waals surface area contributed by atoms with Gasteiger partial charge in [-0.1, -0.05) is 22.9 Å². The highest BCUT2D eigenvalue weighted by Gasteiger charge is 2.27. The SMILES string of the molecule is CC1CCc2c(sc(NC(=O)COc3ccc(Br)cc3)c2C(N)=O)C1. The maximum atomic E-state index is 12.2. The van der Waals surface area contributed by atoms with Gasteiger partial charge >= 0.3 is 0 Å². The Morgan fingerprint density at radius 3 is 2.76 bits per heavy atom. The van der Waals surface area contributed by atoms with Crippen molar-refractivity contribution < 1.29 is 14.3 Å². The standard InChI is InChI=1S/C18H19BrN2O3S/c1-10-2-7-13-14(8-10)25-18(16(13)17(20)23)21-15(22)9-24-12-5-3-11(19)4-6-12/h3-6,10H,2,7-9H2,1H3,(H2,20,23)(H,21,22). The Morgan fingerprint density at radius 1 is 1.36 bits per heavy atom. The highest BCUT2D eigenvalue weighted by atomic mass is 79.9. The third kappa shape index (κ3) is 4.22. The van der Waals surface area contributed by atoms with Crippen LogP contribution in [0.1, 0.15) is 34.1 Å². The number of nitrogens with two attached hydrogens (primary N) is 1. The lowest BCUT2D eigenvalue weighted by Crippen LogP contribution is -2.22. The lowest BCUT2D eigenvalue weighted by molar-refractivity contribution is -0.118. The number of primary amides is 1. The van der Waals surface area contributed by atoms with Gasteiger partial charge in [0, 0.05) is 9.35 Å². The first-order valence-corrected chi connectivity index (χ1v) is 9.67. The summed E-state index contributed by atoms with van der Waals surface area (Å²) in [5.74, 6) is 0.386. The molecule has 2 amide bonds. The number of nitrogens with one attached hydrogen (secondary N) is 1. The van der Waals surface area contributed by atoms with Crippen molar-refractivity contribution >= 4 is 44.1 Å². The van der Waals surface area contributed by atoms with Crippen LogP contribution in [0.2, 0.25) is 0 Å². The molecule has 7 heteroatoms. The molecule has 0 bridgehead atoms. The van der Waals surface area contributed by atoms with Crippen molar-refractivity contribution in [2.24, 2.45) is 11.7 Å². The second-order valence-corrected chi connectivity index (χ2v) is 8.23. The van der Waals surface area contributed by atoms with E-state index >= 15 is 0 Å². The number of benzene rings is 1. The Morgan fingerprint density at radius 2 is 2.08 bits per heavy atom. The summed E-state index contributed by atoms with van der Waals surface area (Å²) in [6.45, 7) is 2.07. The number of ether oxygens (including phenoxy) is 1. The van der Waals surface area contributed by atoms with Gasteiger partial charge in [-0.25, -0.2) is 0 Å². The molecule has 2 aromatic rings. The van der Waals surface area contributed by atoms with E-state index in [0.717, 1.165) is 34.2 Å². The van der Waals surface area contributed by atoms with E-state index in [0.29, 0.717) is 22.2 Å². The first-order valence-electron chi connectivity index (χ1n) is 8.06. The molecule has 3 rings (SSSR count). The van der Waals surface area contributed by atoms with Crippen molar-refractivity contribution in [1.82, 2.24) is 0 Å². The van der Waals surface area contributed by atoms with Gasteiger partial charge in [-0.2, -0.15) is 0 Å². The van der Waals surface area contributed by atoms with Crippen LogP contribution < -0.4 is 15.8 Å². The van der Waals surface area contributed by atoms with E-state index in [1.807, 2.05) is 12.1 Å². The van der Waals surface area contributed by atoms with Crippen molar-refractivity contribution in [3.8, 4) is 5.75 Å². The molecule has 0 aliphatic heterocycles. The Balaban J connectivity index is 1.70. The maximum absolute atomic E-state index is 12.2. The number of hydrogen-bond acceptors (Lipinski definition) is 4. The third-order valence-electron chi connectivity index (χ3n) is 4.19. The Labute approximate surface area is 158 Å². The lowest BCUT2D eigenvalue weighted by atomic mass is 9.88. The molecule has 1 aromatic carbocycles. The quantitative estimate of drug-likeness (QED) is 0.769. The van der Waals surface area contributed by atoms with Gasteiger partial charge in [0.1, 0.15) is 10.8 Å². The van der Waals surface area contributed by atoms with Crippen LogP contribution in [0.15, 0.2) is 28.7 Å². The predicted molar refractivity (Wildman–Crippen MR) is 102 cm³/mol. The smallest absolute Gasteiger partial charge is 0.262 e. The number of hydrogen-bond donors (Lipinski definition) is 2. The van der Waals surface area contributed by atoms with Crippen LogP contribution in [0, 0.1) is 5.92 Å². The third-order valence-corrected chi connectivity index (χ3v) is 5.89. The van der Waals surface area contributed by atoms with Crippen LogP contribution in [0.25, 0.3) is 0 Å². The Kier molecular flexibility index (Phi) is 5.44. The summed E-state index contributed by atoms with van der Waals surface area (Å²) in [4.78, 5) is 25.2. The summed E-state index contributed by atoms with van der Waals surface area (Å²) in [6, 6.07) is 7.23. The lowest BCUT2D eigenvalue weighted by Gasteiger charge is -2.18. The van der Waals surface area contributed by atoms with Gasteiger partial charge in [0.15, 0.2) is 6.61 Å². The van der Waals surface area contributed by atoms with Crippen molar-refractivity contribution in [1.29, 1.82) is 0 Å². The Hall–Kier alpha value is -1.86. The monoisotopic (exact) mass is 422 g/mol. The van der Waals surface area contributed by atoms with Crippen molar-refractivity contribution in [3.63, 3.8) is 0 Å². The van der Waals surface area contributed by atoms with Crippen LogP contribution >= 0.6 is 27.3 Å². The average molecular weight is 423 g/mol. The molecule has 5 nitrogen and oxygen atoms in total. The molecular weight excluding hydrogens is 404 g/mol. The molecule has 0 fully saturated rings. The average Bonchev–Trinajstić information content (AvgIpc) is 2.91. The van der Waals surface area contributed by atoms with Gasteiger partial charge in [-0.05, 0) is 55.0 Å². The number of carbonyl (C=O) groups excluding carboxylic acids is 2. The van der Waals surface area contributed by atoms with Gasteiger partial charge in [-0.15, -0.1) is 11.3 Å². The molecule has 1 atom stereocenters. The second kappa shape index (κ2) is 7.58. The predicted octanol–water partition coefficient (Wildman–Crippen LogP) is 3.75. The number of carbonyl (C=O) groups is 2. The van der Waals surface area contributed by atoms with E-state index in [1.165, 1.54) is 11.3 Å². The van der Waals surface area contributed by atoms with Gasteiger partial charge < -0.3 is 15.8 Å². The number of halogens is 1. The molecular formula is C18H19BrN2O3S. The first-order chi connectivity index (χ1) is 11.9. The van der Waals surface area contributed by atoms with Crippen LogP contribution in [-0.4, -0.2) is 18.4 Å². The normalized spacial score (nSPS) is 16.2. The summed E-state index contributed by atoms with van der Waals surface area (Å²) in [7, 11) is 0. The molecule has 1 unspecified atom stereocenters. The number of thiophene rings is 1. The van der Waals surface area contributed by atoms with Gasteiger partial charge in [0.05, 0.1) is 5.56 Å². The van der Waals surface area contributed by atoms with Gasteiger partial charge in [0.2, 0.25) is 0 Å². The van der Waals surface area contributed by atoms with E-state index in [-0.39, 0.29) is 12.5 Å². The Bertz CT molecular complexity index is 801. The van der Waals surface area contributed by atoms with Crippen molar-refractivity contribution in [3.05, 3.63) is 44.7 Å². The molecule has 0 radical (unpaired) electrons. The first kappa shape index (κ1) is 17.9. The second-order valence-electron chi connectivity index (χ2n) is 6.21. The number of fused-ring (bicyclic) bond motifs is 1. The van der Waals surface area contributed by atoms with Crippen LogP contribution in [0.5, 0.6) is 5.75 Å². The molecule has 0 saturated carbocycles. The van der Waals surface area contributed by atoms with Gasteiger partial charge in [0.25, 0.3) is 11.8 Å². The minimum Gasteiger partial charge on any atom is -0.484 e. The molecule has 0 saturated heterocycles. The van der Waals surface area contributed by atoms with Crippen molar-refractivity contribution in [2.45, 2.75) is 26.2 Å². The minimum absolute atomic E-state index is 0.126. The van der Waals surface area contributed by atoms with E-state index in [4.69, 9.17) is 10.5 Å². The molecule has 1 aromatic heterocycles. The number of anilines is 1. The zero-order valence-corrected chi connectivity index (χ0v) is 16.2. The van der Waals surface area contributed by atoms with E-state index < -0.39 is 5.91 Å². The fourth-order valence-corrected chi connectivity index (χ4v) is 4.64. The molecule has 132 valence electrons. The summed E-state index contributed by atoms with van der Waals surface area (Å²) in [5, 5.41) is 3.33. The summed E-state index contributed by atoms with van der Waals surface area (Å²) in [5.41, 5.74) is 7.02. The topological polar surface area (TPSA) is 81.4 Å². The fourth-order valence-electron chi connectivity index (χ4n) is 2.94. The summed E-state index contributed by atoms with van der Waals surface area (Å²) in [6.07, 6.45) is 2.78. The highest BCUT2D eigenvalue weighted by Crippen LogP contribution is 2.39. The van der Waals surface area contributed by atoms with E-state index in [1.54, 1.807) is 12.1 Å². The number of rotatable bonds is 5. The van der Waals surface area contributed by atoms with Crippen molar-refractivity contribution in [2.75, 3.05) is 11.9 Å². The molecule has 25 heavy (non-hydrogen) atoms. The fraction of sp³-hybridized carbons (Fsp3) is 0.333. The zero-order valence-electron chi connectivity index (χ0n) is 13.8. The van der Waals surface area contributed by atoms with E-state index in [2.05, 4.69) is 28.2 Å². The van der Waals surface area contributed by atoms with Crippen LogP contribution in [0.4, 0.5) is 5.00 Å². The molecule has 1 aliphatic carbocycles. The maximum Gasteiger partial charge on any atom is 0.262 e. The molecule has 0 spiro atoms. The number of amides is 2. The molecule has 3 N–H and O–H groups in total.